The monoisotopic (exact) mass is 278 g/mol. The van der Waals surface area contributed by atoms with E-state index in [1.54, 1.807) is 18.3 Å². The SMILES string of the molecule is Cc1cc([N+](=O)[O-])cnc1NCc1nc(C)c(C)s1. The number of anilines is 1. The summed E-state index contributed by atoms with van der Waals surface area (Å²) in [5, 5.41) is 14.8. The summed E-state index contributed by atoms with van der Waals surface area (Å²) in [4.78, 5) is 19.9. The van der Waals surface area contributed by atoms with Crippen molar-refractivity contribution in [1.29, 1.82) is 0 Å². The van der Waals surface area contributed by atoms with Crippen molar-refractivity contribution < 1.29 is 4.92 Å². The van der Waals surface area contributed by atoms with Crippen molar-refractivity contribution in [2.24, 2.45) is 0 Å². The third-order valence-electron chi connectivity index (χ3n) is 2.75. The fraction of sp³-hybridized carbons (Fsp3) is 0.333. The van der Waals surface area contributed by atoms with Crippen LogP contribution >= 0.6 is 11.3 Å². The first kappa shape index (κ1) is 13.4. The molecule has 1 N–H and O–H groups in total. The highest BCUT2D eigenvalue weighted by molar-refractivity contribution is 7.11. The van der Waals surface area contributed by atoms with Crippen LogP contribution in [0.5, 0.6) is 0 Å². The lowest BCUT2D eigenvalue weighted by Gasteiger charge is -2.06. The zero-order chi connectivity index (χ0) is 14.0. The van der Waals surface area contributed by atoms with Crippen LogP contribution in [0.1, 0.15) is 21.1 Å². The minimum Gasteiger partial charge on any atom is -0.363 e. The standard InChI is InChI=1S/C12H14N4O2S/c1-7-4-10(16(17)18)5-13-12(7)14-6-11-15-8(2)9(3)19-11/h4-5H,6H2,1-3H3,(H,13,14). The summed E-state index contributed by atoms with van der Waals surface area (Å²) < 4.78 is 0. The molecule has 100 valence electrons. The molecule has 0 aliphatic rings. The van der Waals surface area contributed by atoms with E-state index in [1.807, 2.05) is 13.8 Å². The number of thiazole rings is 1. The second kappa shape index (κ2) is 5.31. The van der Waals surface area contributed by atoms with Gasteiger partial charge in [0.15, 0.2) is 0 Å². The number of aromatic nitrogens is 2. The Morgan fingerprint density at radius 1 is 1.42 bits per heavy atom. The maximum Gasteiger partial charge on any atom is 0.287 e. The van der Waals surface area contributed by atoms with Crippen LogP contribution in [0.3, 0.4) is 0 Å². The Morgan fingerprint density at radius 3 is 2.68 bits per heavy atom. The second-order valence-corrected chi connectivity index (χ2v) is 5.51. The van der Waals surface area contributed by atoms with Gasteiger partial charge in [0.25, 0.3) is 5.69 Å². The zero-order valence-electron chi connectivity index (χ0n) is 10.9. The first-order valence-electron chi connectivity index (χ1n) is 5.75. The molecule has 19 heavy (non-hydrogen) atoms. The molecule has 2 aromatic heterocycles. The molecule has 0 saturated carbocycles. The number of nitrogens with zero attached hydrogens (tertiary/aromatic N) is 3. The number of rotatable bonds is 4. The summed E-state index contributed by atoms with van der Waals surface area (Å²) >= 11 is 1.64. The van der Waals surface area contributed by atoms with Gasteiger partial charge in [0.05, 0.1) is 17.2 Å². The van der Waals surface area contributed by atoms with Crippen molar-refractivity contribution in [3.63, 3.8) is 0 Å². The molecule has 2 aromatic rings. The summed E-state index contributed by atoms with van der Waals surface area (Å²) in [6, 6.07) is 1.51. The molecule has 0 saturated heterocycles. The molecular weight excluding hydrogens is 264 g/mol. The Kier molecular flexibility index (Phi) is 3.75. The van der Waals surface area contributed by atoms with E-state index in [0.717, 1.165) is 16.3 Å². The summed E-state index contributed by atoms with van der Waals surface area (Å²) in [6.07, 6.45) is 1.26. The number of nitro groups is 1. The van der Waals surface area contributed by atoms with Crippen molar-refractivity contribution in [3.8, 4) is 0 Å². The van der Waals surface area contributed by atoms with E-state index < -0.39 is 4.92 Å². The van der Waals surface area contributed by atoms with Gasteiger partial charge in [-0.1, -0.05) is 0 Å². The molecule has 2 rings (SSSR count). The van der Waals surface area contributed by atoms with Gasteiger partial charge in [0.2, 0.25) is 0 Å². The summed E-state index contributed by atoms with van der Waals surface area (Å²) in [5.41, 5.74) is 1.79. The molecule has 0 amide bonds. The maximum atomic E-state index is 10.6. The Hall–Kier alpha value is -2.02. The van der Waals surface area contributed by atoms with Crippen molar-refractivity contribution in [2.45, 2.75) is 27.3 Å². The van der Waals surface area contributed by atoms with Gasteiger partial charge in [-0.25, -0.2) is 9.97 Å². The molecule has 0 aliphatic carbocycles. The van der Waals surface area contributed by atoms with E-state index in [2.05, 4.69) is 15.3 Å². The number of nitrogens with one attached hydrogen (secondary N) is 1. The van der Waals surface area contributed by atoms with Gasteiger partial charge in [-0.05, 0) is 26.3 Å². The lowest BCUT2D eigenvalue weighted by Crippen LogP contribution is -2.03. The number of pyridine rings is 1. The minimum absolute atomic E-state index is 0.00369. The highest BCUT2D eigenvalue weighted by atomic mass is 32.1. The maximum absolute atomic E-state index is 10.6. The van der Waals surface area contributed by atoms with Crippen LogP contribution in [-0.4, -0.2) is 14.9 Å². The average molecular weight is 278 g/mol. The van der Waals surface area contributed by atoms with Gasteiger partial charge in [0.1, 0.15) is 17.0 Å². The van der Waals surface area contributed by atoms with Gasteiger partial charge < -0.3 is 5.32 Å². The molecule has 0 bridgehead atoms. The lowest BCUT2D eigenvalue weighted by atomic mass is 10.2. The van der Waals surface area contributed by atoms with E-state index in [9.17, 15) is 10.1 Å². The summed E-state index contributed by atoms with van der Waals surface area (Å²) in [7, 11) is 0. The second-order valence-electron chi connectivity index (χ2n) is 4.22. The fourth-order valence-electron chi connectivity index (χ4n) is 1.62. The number of hydrogen-bond acceptors (Lipinski definition) is 6. The molecule has 0 atom stereocenters. The lowest BCUT2D eigenvalue weighted by molar-refractivity contribution is -0.385. The van der Waals surface area contributed by atoms with Gasteiger partial charge in [-0.2, -0.15) is 0 Å². The van der Waals surface area contributed by atoms with Crippen LogP contribution in [0.25, 0.3) is 0 Å². The Bertz CT molecular complexity index is 605. The summed E-state index contributed by atoms with van der Waals surface area (Å²) in [6.45, 7) is 6.38. The summed E-state index contributed by atoms with van der Waals surface area (Å²) in [5.74, 6) is 0.649. The fourth-order valence-corrected chi connectivity index (χ4v) is 2.49. The highest BCUT2D eigenvalue weighted by Gasteiger charge is 2.10. The van der Waals surface area contributed by atoms with Crippen molar-refractivity contribution in [1.82, 2.24) is 9.97 Å². The van der Waals surface area contributed by atoms with Crippen LogP contribution in [0, 0.1) is 30.9 Å². The first-order valence-corrected chi connectivity index (χ1v) is 6.57. The van der Waals surface area contributed by atoms with Crippen molar-refractivity contribution in [3.05, 3.63) is 43.5 Å². The third kappa shape index (κ3) is 3.05. The van der Waals surface area contributed by atoms with Crippen molar-refractivity contribution in [2.75, 3.05) is 5.32 Å². The normalized spacial score (nSPS) is 10.5. The predicted octanol–water partition coefficient (Wildman–Crippen LogP) is 2.98. The van der Waals surface area contributed by atoms with E-state index in [0.29, 0.717) is 12.4 Å². The van der Waals surface area contributed by atoms with Gasteiger partial charge in [-0.3, -0.25) is 10.1 Å². The van der Waals surface area contributed by atoms with Crippen LogP contribution < -0.4 is 5.32 Å². The predicted molar refractivity (Wildman–Crippen MR) is 74.5 cm³/mol. The van der Waals surface area contributed by atoms with Crippen LogP contribution in [0.4, 0.5) is 11.5 Å². The molecule has 0 radical (unpaired) electrons. The Morgan fingerprint density at radius 2 is 2.16 bits per heavy atom. The van der Waals surface area contributed by atoms with Crippen LogP contribution in [-0.2, 0) is 6.54 Å². The molecular formula is C12H14N4O2S. The Balaban J connectivity index is 2.09. The average Bonchev–Trinajstić information content (AvgIpc) is 2.67. The van der Waals surface area contributed by atoms with Crippen LogP contribution in [0.2, 0.25) is 0 Å². The molecule has 6 nitrogen and oxygen atoms in total. The quantitative estimate of drug-likeness (QED) is 0.687. The van der Waals surface area contributed by atoms with Gasteiger partial charge >= 0.3 is 0 Å². The zero-order valence-corrected chi connectivity index (χ0v) is 11.7. The third-order valence-corrected chi connectivity index (χ3v) is 3.83. The van der Waals surface area contributed by atoms with E-state index >= 15 is 0 Å². The molecule has 0 unspecified atom stereocenters. The molecule has 0 aromatic carbocycles. The minimum atomic E-state index is -0.447. The Labute approximate surface area is 114 Å². The molecule has 0 aliphatic heterocycles. The number of aryl methyl sites for hydroxylation is 3. The smallest absolute Gasteiger partial charge is 0.287 e. The number of hydrogen-bond donors (Lipinski definition) is 1. The molecule has 7 heteroatoms. The molecule has 2 heterocycles. The largest absolute Gasteiger partial charge is 0.363 e. The van der Waals surface area contributed by atoms with Crippen molar-refractivity contribution >= 4 is 22.8 Å². The van der Waals surface area contributed by atoms with E-state index in [1.165, 1.54) is 17.1 Å². The molecule has 0 spiro atoms. The van der Waals surface area contributed by atoms with Crippen LogP contribution in [0.15, 0.2) is 12.3 Å². The van der Waals surface area contributed by atoms with E-state index in [-0.39, 0.29) is 5.69 Å². The van der Waals surface area contributed by atoms with Gasteiger partial charge in [0, 0.05) is 10.9 Å². The van der Waals surface area contributed by atoms with Gasteiger partial charge in [-0.15, -0.1) is 11.3 Å². The van der Waals surface area contributed by atoms with E-state index in [4.69, 9.17) is 0 Å². The highest BCUT2D eigenvalue weighted by Crippen LogP contribution is 2.20. The molecule has 0 fully saturated rings. The first-order chi connectivity index (χ1) is 8.97. The topological polar surface area (TPSA) is 81.0 Å².